The van der Waals surface area contributed by atoms with Gasteiger partial charge in [-0.1, -0.05) is 18.2 Å². The fourth-order valence-electron chi connectivity index (χ4n) is 2.71. The largest absolute Gasteiger partial charge is 0.367 e. The summed E-state index contributed by atoms with van der Waals surface area (Å²) < 4.78 is 27.1. The monoisotopic (exact) mass is 360 g/mol. The van der Waals surface area contributed by atoms with Crippen LogP contribution < -0.4 is 9.62 Å². The molecule has 0 radical (unpaired) electrons. The average Bonchev–Trinajstić information content (AvgIpc) is 2.63. The normalized spacial score (nSPS) is 15.1. The molecule has 2 heterocycles. The van der Waals surface area contributed by atoms with E-state index in [2.05, 4.69) is 14.6 Å². The molecule has 25 heavy (non-hydrogen) atoms. The highest BCUT2D eigenvalue weighted by Crippen LogP contribution is 2.19. The minimum atomic E-state index is -3.64. The maximum absolute atomic E-state index is 12.3. The zero-order valence-corrected chi connectivity index (χ0v) is 14.7. The highest BCUT2D eigenvalue weighted by molar-refractivity contribution is 7.92. The van der Waals surface area contributed by atoms with Crippen LogP contribution in [-0.2, 0) is 14.8 Å². The number of hydrogen-bond acceptors (Lipinski definition) is 5. The molecule has 2 aromatic rings. The summed E-state index contributed by atoms with van der Waals surface area (Å²) in [7, 11) is -3.64. The molecule has 0 bridgehead atoms. The summed E-state index contributed by atoms with van der Waals surface area (Å²) in [6, 6.07) is 11.7. The summed E-state index contributed by atoms with van der Waals surface area (Å²) in [6.45, 7) is 4.40. The molecule has 1 N–H and O–H groups in total. The molecule has 8 heteroatoms. The van der Waals surface area contributed by atoms with Crippen LogP contribution in [-0.4, -0.2) is 50.4 Å². The molecule has 1 aromatic heterocycles. The lowest BCUT2D eigenvalue weighted by Crippen LogP contribution is -2.48. The Kier molecular flexibility index (Phi) is 4.89. The Morgan fingerprint density at radius 1 is 1.04 bits per heavy atom. The van der Waals surface area contributed by atoms with Crippen LogP contribution >= 0.6 is 0 Å². The van der Waals surface area contributed by atoms with Crippen molar-refractivity contribution in [3.05, 3.63) is 48.7 Å². The van der Waals surface area contributed by atoms with Gasteiger partial charge in [0, 0.05) is 33.1 Å². The van der Waals surface area contributed by atoms with Crippen molar-refractivity contribution in [3.8, 4) is 0 Å². The second kappa shape index (κ2) is 7.10. The number of carbonyl (C=O) groups excluding carboxylic acids is 1. The third-order valence-electron chi connectivity index (χ3n) is 4.13. The van der Waals surface area contributed by atoms with Crippen molar-refractivity contribution in [1.82, 2.24) is 9.88 Å². The number of amides is 1. The molecule has 1 aliphatic rings. The van der Waals surface area contributed by atoms with E-state index in [0.717, 1.165) is 18.8 Å². The van der Waals surface area contributed by atoms with Crippen LogP contribution in [0.5, 0.6) is 0 Å². The molecule has 0 unspecified atom stereocenters. The average molecular weight is 360 g/mol. The number of nitrogens with zero attached hydrogens (tertiary/aromatic N) is 3. The molecule has 0 spiro atoms. The molecule has 1 saturated heterocycles. The number of piperazine rings is 1. The number of benzene rings is 1. The van der Waals surface area contributed by atoms with E-state index in [1.165, 1.54) is 12.1 Å². The first kappa shape index (κ1) is 17.2. The van der Waals surface area contributed by atoms with Crippen molar-refractivity contribution in [2.75, 3.05) is 35.8 Å². The highest BCUT2D eigenvalue weighted by Gasteiger charge is 2.19. The van der Waals surface area contributed by atoms with Crippen LogP contribution in [0.4, 0.5) is 11.5 Å². The maximum atomic E-state index is 12.3. The number of carbonyl (C=O) groups is 1. The molecule has 3 rings (SSSR count). The number of aromatic nitrogens is 1. The summed E-state index contributed by atoms with van der Waals surface area (Å²) in [4.78, 5) is 19.7. The van der Waals surface area contributed by atoms with E-state index in [1.807, 2.05) is 11.0 Å². The number of pyridine rings is 1. The molecular weight excluding hydrogens is 340 g/mol. The predicted molar refractivity (Wildman–Crippen MR) is 96.0 cm³/mol. The maximum Gasteiger partial charge on any atom is 0.263 e. The van der Waals surface area contributed by atoms with Gasteiger partial charge < -0.3 is 9.80 Å². The van der Waals surface area contributed by atoms with E-state index < -0.39 is 10.0 Å². The Morgan fingerprint density at radius 2 is 1.72 bits per heavy atom. The quantitative estimate of drug-likeness (QED) is 0.894. The van der Waals surface area contributed by atoms with Crippen molar-refractivity contribution >= 4 is 27.4 Å². The van der Waals surface area contributed by atoms with Crippen LogP contribution in [0.1, 0.15) is 6.92 Å². The molecule has 0 saturated carbocycles. The third-order valence-corrected chi connectivity index (χ3v) is 5.50. The fourth-order valence-corrected chi connectivity index (χ4v) is 3.74. The Balaban J connectivity index is 1.66. The van der Waals surface area contributed by atoms with Crippen molar-refractivity contribution in [3.63, 3.8) is 0 Å². The summed E-state index contributed by atoms with van der Waals surface area (Å²) in [5.41, 5.74) is 0.908. The Labute approximate surface area is 147 Å². The van der Waals surface area contributed by atoms with Gasteiger partial charge >= 0.3 is 0 Å². The van der Waals surface area contributed by atoms with Gasteiger partial charge in [-0.25, -0.2) is 13.4 Å². The van der Waals surface area contributed by atoms with Crippen molar-refractivity contribution in [2.45, 2.75) is 11.8 Å². The Bertz CT molecular complexity index is 830. The molecule has 1 amide bonds. The Hall–Kier alpha value is -2.61. The van der Waals surface area contributed by atoms with E-state index in [1.54, 1.807) is 37.4 Å². The zero-order chi connectivity index (χ0) is 17.9. The van der Waals surface area contributed by atoms with Gasteiger partial charge in [0.1, 0.15) is 5.82 Å². The van der Waals surface area contributed by atoms with Gasteiger partial charge in [-0.05, 0) is 24.3 Å². The molecule has 1 aliphatic heterocycles. The first-order valence-corrected chi connectivity index (χ1v) is 9.48. The number of hydrogen-bond donors (Lipinski definition) is 1. The molecule has 132 valence electrons. The molecule has 1 fully saturated rings. The first-order chi connectivity index (χ1) is 12.0. The lowest BCUT2D eigenvalue weighted by Gasteiger charge is -2.35. The van der Waals surface area contributed by atoms with Gasteiger partial charge in [0.05, 0.1) is 16.8 Å². The SMILES string of the molecule is CC(=O)N1CCN(c2ccc(NS(=O)(=O)c3ccccc3)nc2)CC1. The topological polar surface area (TPSA) is 82.6 Å². The first-order valence-electron chi connectivity index (χ1n) is 8.00. The van der Waals surface area contributed by atoms with Crippen molar-refractivity contribution in [1.29, 1.82) is 0 Å². The van der Waals surface area contributed by atoms with Gasteiger partial charge in [0.2, 0.25) is 5.91 Å². The van der Waals surface area contributed by atoms with E-state index in [-0.39, 0.29) is 16.6 Å². The lowest BCUT2D eigenvalue weighted by molar-refractivity contribution is -0.129. The summed E-state index contributed by atoms with van der Waals surface area (Å²) in [6.07, 6.45) is 1.65. The molecule has 7 nitrogen and oxygen atoms in total. The molecular formula is C17H20N4O3S. The predicted octanol–water partition coefficient (Wildman–Crippen LogP) is 1.55. The number of nitrogens with one attached hydrogen (secondary N) is 1. The third kappa shape index (κ3) is 4.08. The summed E-state index contributed by atoms with van der Waals surface area (Å²) in [5.74, 6) is 0.360. The van der Waals surface area contributed by atoms with Crippen molar-refractivity contribution in [2.24, 2.45) is 0 Å². The second-order valence-electron chi connectivity index (χ2n) is 5.81. The number of sulfonamides is 1. The van der Waals surface area contributed by atoms with E-state index in [9.17, 15) is 13.2 Å². The molecule has 1 aromatic carbocycles. The molecule has 0 atom stereocenters. The van der Waals surface area contributed by atoms with Crippen LogP contribution in [0.3, 0.4) is 0 Å². The van der Waals surface area contributed by atoms with Gasteiger partial charge in [0.25, 0.3) is 10.0 Å². The van der Waals surface area contributed by atoms with Crippen LogP contribution in [0, 0.1) is 0 Å². The van der Waals surface area contributed by atoms with E-state index in [4.69, 9.17) is 0 Å². The molecule has 0 aliphatic carbocycles. The highest BCUT2D eigenvalue weighted by atomic mass is 32.2. The minimum absolute atomic E-state index is 0.0865. The van der Waals surface area contributed by atoms with E-state index >= 15 is 0 Å². The van der Waals surface area contributed by atoms with Gasteiger partial charge in [0.15, 0.2) is 0 Å². The summed E-state index contributed by atoms with van der Waals surface area (Å²) >= 11 is 0. The van der Waals surface area contributed by atoms with E-state index in [0.29, 0.717) is 13.1 Å². The second-order valence-corrected chi connectivity index (χ2v) is 7.50. The van der Waals surface area contributed by atoms with Crippen LogP contribution in [0.2, 0.25) is 0 Å². The fraction of sp³-hybridized carbons (Fsp3) is 0.294. The van der Waals surface area contributed by atoms with Crippen LogP contribution in [0.25, 0.3) is 0 Å². The lowest BCUT2D eigenvalue weighted by atomic mass is 10.2. The van der Waals surface area contributed by atoms with Gasteiger partial charge in [-0.2, -0.15) is 0 Å². The minimum Gasteiger partial charge on any atom is -0.367 e. The number of anilines is 2. The van der Waals surface area contributed by atoms with Gasteiger partial charge in [-0.15, -0.1) is 0 Å². The van der Waals surface area contributed by atoms with Crippen molar-refractivity contribution < 1.29 is 13.2 Å². The van der Waals surface area contributed by atoms with Gasteiger partial charge in [-0.3, -0.25) is 9.52 Å². The Morgan fingerprint density at radius 3 is 2.28 bits per heavy atom. The number of rotatable bonds is 4. The van der Waals surface area contributed by atoms with Crippen LogP contribution in [0.15, 0.2) is 53.6 Å². The zero-order valence-electron chi connectivity index (χ0n) is 13.9. The summed E-state index contributed by atoms with van der Waals surface area (Å²) in [5, 5.41) is 0. The smallest absolute Gasteiger partial charge is 0.263 e. The standard InChI is InChI=1S/C17H20N4O3S/c1-14(22)20-9-11-21(12-10-20)15-7-8-17(18-13-15)19-25(23,24)16-5-3-2-4-6-16/h2-8,13H,9-12H2,1H3,(H,18,19).